The van der Waals surface area contributed by atoms with Crippen LogP contribution in [-0.2, 0) is 4.74 Å². The molecule has 0 bridgehead atoms. The predicted octanol–water partition coefficient (Wildman–Crippen LogP) is 3.95. The quantitative estimate of drug-likeness (QED) is 0.724. The van der Waals surface area contributed by atoms with E-state index >= 15 is 0 Å². The van der Waals surface area contributed by atoms with Crippen LogP contribution in [-0.4, -0.2) is 23.7 Å². The van der Waals surface area contributed by atoms with E-state index in [1.807, 2.05) is 13.0 Å². The molecule has 5 heteroatoms. The second-order valence-electron chi connectivity index (χ2n) is 5.22. The number of hydrogen-bond acceptors (Lipinski definition) is 4. The maximum absolute atomic E-state index is 6.15. The van der Waals surface area contributed by atoms with Crippen molar-refractivity contribution in [2.24, 2.45) is 0 Å². The molecule has 0 aliphatic carbocycles. The first-order valence-corrected chi connectivity index (χ1v) is 8.20. The Labute approximate surface area is 133 Å². The van der Waals surface area contributed by atoms with Crippen molar-refractivity contribution in [2.45, 2.75) is 58.6 Å². The van der Waals surface area contributed by atoms with E-state index < -0.39 is 0 Å². The number of aromatic nitrogens is 1. The molecule has 0 fully saturated rings. The van der Waals surface area contributed by atoms with Crippen LogP contribution in [0, 0.1) is 0 Å². The van der Waals surface area contributed by atoms with E-state index in [-0.39, 0.29) is 11.6 Å². The number of nitrogen functional groups attached to an aromatic ring is 1. The molecular formula is C16H28ClN3O. The van der Waals surface area contributed by atoms with Crippen molar-refractivity contribution < 1.29 is 4.74 Å². The maximum atomic E-state index is 6.15. The highest BCUT2D eigenvalue weighted by atomic mass is 35.5. The zero-order valence-electron chi connectivity index (χ0n) is 13.6. The first-order chi connectivity index (χ1) is 10.0. The zero-order chi connectivity index (χ0) is 15.9. The summed E-state index contributed by atoms with van der Waals surface area (Å²) < 4.78 is 6.15. The zero-order valence-corrected chi connectivity index (χ0v) is 14.3. The standard InChI is InChI=1S/C16H28ClN3O/c1-5-9-19-14(16(6-2,7-3)21-8-4)13-10-12(17)11-20-15(13)18/h10-11,14,19H,5-9H2,1-4H3,(H2,18,20). The molecule has 0 saturated heterocycles. The van der Waals surface area contributed by atoms with Gasteiger partial charge in [0.1, 0.15) is 5.82 Å². The predicted molar refractivity (Wildman–Crippen MR) is 89.6 cm³/mol. The second-order valence-corrected chi connectivity index (χ2v) is 5.66. The SMILES string of the molecule is CCCNC(c1cc(Cl)cnc1N)C(CC)(CC)OCC. The van der Waals surface area contributed by atoms with Crippen molar-refractivity contribution in [3.8, 4) is 0 Å². The average molecular weight is 314 g/mol. The molecule has 1 unspecified atom stereocenters. The van der Waals surface area contributed by atoms with Gasteiger partial charge in [-0.25, -0.2) is 4.98 Å². The number of pyridine rings is 1. The lowest BCUT2D eigenvalue weighted by atomic mass is 9.83. The molecule has 0 radical (unpaired) electrons. The first-order valence-electron chi connectivity index (χ1n) is 7.82. The third kappa shape index (κ3) is 4.31. The molecule has 1 atom stereocenters. The Bertz CT molecular complexity index is 436. The van der Waals surface area contributed by atoms with Gasteiger partial charge >= 0.3 is 0 Å². The summed E-state index contributed by atoms with van der Waals surface area (Å²) in [5.74, 6) is 0.513. The third-order valence-electron chi connectivity index (χ3n) is 3.98. The van der Waals surface area contributed by atoms with Crippen molar-refractivity contribution in [1.82, 2.24) is 10.3 Å². The Kier molecular flexibility index (Phi) is 7.43. The van der Waals surface area contributed by atoms with Crippen LogP contribution in [0.25, 0.3) is 0 Å². The van der Waals surface area contributed by atoms with Gasteiger partial charge in [0, 0.05) is 18.4 Å². The van der Waals surface area contributed by atoms with E-state index in [2.05, 4.69) is 31.1 Å². The number of halogens is 1. The van der Waals surface area contributed by atoms with E-state index in [9.17, 15) is 0 Å². The molecule has 0 aliphatic rings. The summed E-state index contributed by atoms with van der Waals surface area (Å²) in [7, 11) is 0. The fourth-order valence-electron chi connectivity index (χ4n) is 2.80. The van der Waals surface area contributed by atoms with Gasteiger partial charge in [-0.05, 0) is 38.8 Å². The van der Waals surface area contributed by atoms with E-state index in [1.54, 1.807) is 6.20 Å². The van der Waals surface area contributed by atoms with Crippen LogP contribution in [0.2, 0.25) is 5.02 Å². The molecule has 3 N–H and O–H groups in total. The molecule has 1 aromatic rings. The molecule has 0 aromatic carbocycles. The molecule has 120 valence electrons. The Morgan fingerprint density at radius 1 is 1.33 bits per heavy atom. The molecule has 0 aliphatic heterocycles. The van der Waals surface area contributed by atoms with Gasteiger partial charge in [-0.1, -0.05) is 32.4 Å². The number of rotatable bonds is 9. The fourth-order valence-corrected chi connectivity index (χ4v) is 2.96. The molecule has 4 nitrogen and oxygen atoms in total. The molecule has 21 heavy (non-hydrogen) atoms. The van der Waals surface area contributed by atoms with E-state index in [1.165, 1.54) is 0 Å². The van der Waals surface area contributed by atoms with Crippen molar-refractivity contribution in [3.05, 3.63) is 22.8 Å². The summed E-state index contributed by atoms with van der Waals surface area (Å²) in [6.45, 7) is 10.0. The highest BCUT2D eigenvalue weighted by molar-refractivity contribution is 6.30. The minimum absolute atomic E-state index is 0.0152. The summed E-state index contributed by atoms with van der Waals surface area (Å²) in [4.78, 5) is 4.20. The van der Waals surface area contributed by atoms with Crippen LogP contribution < -0.4 is 11.1 Å². The number of nitrogens with two attached hydrogens (primary N) is 1. The lowest BCUT2D eigenvalue weighted by molar-refractivity contribution is -0.0731. The fraction of sp³-hybridized carbons (Fsp3) is 0.688. The molecule has 1 rings (SSSR count). The number of anilines is 1. The second kappa shape index (κ2) is 8.57. The van der Waals surface area contributed by atoms with Gasteiger partial charge in [0.2, 0.25) is 0 Å². The average Bonchev–Trinajstić information content (AvgIpc) is 2.49. The Morgan fingerprint density at radius 3 is 2.52 bits per heavy atom. The topological polar surface area (TPSA) is 60.2 Å². The molecule has 1 aromatic heterocycles. The molecule has 0 spiro atoms. The summed E-state index contributed by atoms with van der Waals surface area (Å²) in [6.07, 6.45) is 4.41. The van der Waals surface area contributed by atoms with Crippen molar-refractivity contribution >= 4 is 17.4 Å². The minimum Gasteiger partial charge on any atom is -0.383 e. The molecular weight excluding hydrogens is 286 g/mol. The van der Waals surface area contributed by atoms with E-state index in [0.717, 1.165) is 31.4 Å². The van der Waals surface area contributed by atoms with Gasteiger partial charge in [-0.15, -0.1) is 0 Å². The summed E-state index contributed by atoms with van der Waals surface area (Å²) in [5, 5.41) is 4.18. The lowest BCUT2D eigenvalue weighted by Gasteiger charge is -2.40. The first kappa shape index (κ1) is 18.2. The van der Waals surface area contributed by atoms with Crippen LogP contribution in [0.15, 0.2) is 12.3 Å². The Hall–Kier alpha value is -0.840. The van der Waals surface area contributed by atoms with Gasteiger partial charge < -0.3 is 15.8 Å². The van der Waals surface area contributed by atoms with Gasteiger partial charge in [0.15, 0.2) is 0 Å². The molecule has 0 amide bonds. The van der Waals surface area contributed by atoms with Crippen LogP contribution in [0.3, 0.4) is 0 Å². The van der Waals surface area contributed by atoms with E-state index in [0.29, 0.717) is 17.4 Å². The van der Waals surface area contributed by atoms with E-state index in [4.69, 9.17) is 22.1 Å². The van der Waals surface area contributed by atoms with Crippen LogP contribution in [0.4, 0.5) is 5.82 Å². The van der Waals surface area contributed by atoms with Crippen molar-refractivity contribution in [2.75, 3.05) is 18.9 Å². The third-order valence-corrected chi connectivity index (χ3v) is 4.19. The van der Waals surface area contributed by atoms with Crippen molar-refractivity contribution in [1.29, 1.82) is 0 Å². The smallest absolute Gasteiger partial charge is 0.128 e. The number of nitrogens with zero attached hydrogens (tertiary/aromatic N) is 1. The number of nitrogens with one attached hydrogen (secondary N) is 1. The van der Waals surface area contributed by atoms with Crippen LogP contribution in [0.5, 0.6) is 0 Å². The highest BCUT2D eigenvalue weighted by Crippen LogP contribution is 2.38. The van der Waals surface area contributed by atoms with Gasteiger partial charge in [0.25, 0.3) is 0 Å². The summed E-state index contributed by atoms with van der Waals surface area (Å²) in [5.41, 5.74) is 6.72. The maximum Gasteiger partial charge on any atom is 0.128 e. The summed E-state index contributed by atoms with van der Waals surface area (Å²) in [6, 6.07) is 1.88. The van der Waals surface area contributed by atoms with Gasteiger partial charge in [0.05, 0.1) is 16.7 Å². The number of ether oxygens (including phenoxy) is 1. The van der Waals surface area contributed by atoms with Gasteiger partial charge in [-0.3, -0.25) is 0 Å². The summed E-state index contributed by atoms with van der Waals surface area (Å²) >= 11 is 6.12. The molecule has 0 saturated carbocycles. The van der Waals surface area contributed by atoms with Crippen LogP contribution >= 0.6 is 11.6 Å². The minimum atomic E-state index is -0.301. The highest BCUT2D eigenvalue weighted by Gasteiger charge is 2.38. The Morgan fingerprint density at radius 2 is 2.00 bits per heavy atom. The van der Waals surface area contributed by atoms with Gasteiger partial charge in [-0.2, -0.15) is 0 Å². The monoisotopic (exact) mass is 313 g/mol. The normalized spacial score (nSPS) is 13.4. The molecule has 1 heterocycles. The van der Waals surface area contributed by atoms with Crippen LogP contribution in [0.1, 0.15) is 58.6 Å². The number of hydrogen-bond donors (Lipinski definition) is 2. The Balaban J connectivity index is 3.28. The largest absolute Gasteiger partial charge is 0.383 e. The lowest BCUT2D eigenvalue weighted by Crippen LogP contribution is -2.46. The van der Waals surface area contributed by atoms with Crippen molar-refractivity contribution in [3.63, 3.8) is 0 Å².